The Morgan fingerprint density at radius 2 is 1.81 bits per heavy atom. The Bertz CT molecular complexity index is 662. The Kier molecular flexibility index (Phi) is 6.02. The van der Waals surface area contributed by atoms with E-state index >= 15 is 0 Å². The van der Waals surface area contributed by atoms with Gasteiger partial charge in [-0.15, -0.1) is 0 Å². The summed E-state index contributed by atoms with van der Waals surface area (Å²) in [6, 6.07) is 2.77. The lowest BCUT2D eigenvalue weighted by Gasteiger charge is -2.30. The molecule has 2 saturated carbocycles. The van der Waals surface area contributed by atoms with Gasteiger partial charge in [-0.05, 0) is 68.4 Å². The summed E-state index contributed by atoms with van der Waals surface area (Å²) in [6.45, 7) is 3.74. The van der Waals surface area contributed by atoms with Gasteiger partial charge in [0.25, 0.3) is 5.92 Å². The molecule has 152 valence electrons. The highest BCUT2D eigenvalue weighted by Gasteiger charge is 2.58. The van der Waals surface area contributed by atoms with Gasteiger partial charge in [0.05, 0.1) is 6.61 Å². The van der Waals surface area contributed by atoms with Crippen molar-refractivity contribution in [1.29, 1.82) is 0 Å². The maximum Gasteiger partial charge on any atom is 0.281 e. The van der Waals surface area contributed by atoms with Crippen LogP contribution in [0.5, 0.6) is 5.75 Å². The average Bonchev–Trinajstić information content (AvgIpc) is 3.04. The number of hydrogen-bond acceptors (Lipinski definition) is 1. The van der Waals surface area contributed by atoms with Gasteiger partial charge in [0.1, 0.15) is 0 Å². The van der Waals surface area contributed by atoms with Crippen LogP contribution in [0, 0.1) is 29.4 Å². The van der Waals surface area contributed by atoms with Crippen LogP contribution in [-0.4, -0.2) is 18.7 Å². The van der Waals surface area contributed by atoms with Crippen molar-refractivity contribution in [2.24, 2.45) is 17.8 Å². The van der Waals surface area contributed by atoms with Crippen molar-refractivity contribution in [2.45, 2.75) is 70.4 Å². The fraction of sp³-hybridized carbons (Fsp3) is 0.714. The van der Waals surface area contributed by atoms with Crippen LogP contribution < -0.4 is 4.74 Å². The minimum absolute atomic E-state index is 0.0126. The Morgan fingerprint density at radius 1 is 1.07 bits per heavy atom. The Morgan fingerprint density at radius 3 is 2.48 bits per heavy atom. The zero-order chi connectivity index (χ0) is 19.8. The first-order chi connectivity index (χ1) is 12.8. The Hall–Kier alpha value is -1.33. The highest BCUT2D eigenvalue weighted by molar-refractivity contribution is 5.34. The molecule has 0 amide bonds. The number of fused-ring (bicyclic) bond motifs is 1. The molecule has 5 unspecified atom stereocenters. The molecular formula is C21H27F5O. The van der Waals surface area contributed by atoms with Crippen LogP contribution in [0.15, 0.2) is 12.1 Å². The summed E-state index contributed by atoms with van der Waals surface area (Å²) in [4.78, 5) is 0. The maximum absolute atomic E-state index is 14.9. The van der Waals surface area contributed by atoms with Gasteiger partial charge in [-0.2, -0.15) is 4.39 Å². The molecule has 0 bridgehead atoms. The predicted octanol–water partition coefficient (Wildman–Crippen LogP) is 6.66. The number of halogens is 5. The van der Waals surface area contributed by atoms with Gasteiger partial charge in [-0.25, -0.2) is 17.6 Å². The van der Waals surface area contributed by atoms with Crippen molar-refractivity contribution >= 4 is 0 Å². The summed E-state index contributed by atoms with van der Waals surface area (Å²) in [6.07, 6.45) is 0.251. The van der Waals surface area contributed by atoms with Gasteiger partial charge in [0.15, 0.2) is 17.7 Å². The van der Waals surface area contributed by atoms with Gasteiger partial charge in [0, 0.05) is 5.92 Å². The largest absolute Gasteiger partial charge is 0.491 e. The van der Waals surface area contributed by atoms with Crippen molar-refractivity contribution in [1.82, 2.24) is 0 Å². The van der Waals surface area contributed by atoms with E-state index in [1.165, 1.54) is 12.1 Å². The van der Waals surface area contributed by atoms with Gasteiger partial charge >= 0.3 is 0 Å². The molecule has 5 atom stereocenters. The summed E-state index contributed by atoms with van der Waals surface area (Å²) < 4.78 is 78.1. The summed E-state index contributed by atoms with van der Waals surface area (Å²) >= 11 is 0. The predicted molar refractivity (Wildman–Crippen MR) is 94.0 cm³/mol. The number of alkyl halides is 3. The lowest BCUT2D eigenvalue weighted by Crippen LogP contribution is -2.41. The van der Waals surface area contributed by atoms with E-state index in [0.29, 0.717) is 32.1 Å². The summed E-state index contributed by atoms with van der Waals surface area (Å²) in [5.74, 6) is -8.34. The van der Waals surface area contributed by atoms with Crippen LogP contribution in [0.3, 0.4) is 0 Å². The smallest absolute Gasteiger partial charge is 0.281 e. The van der Waals surface area contributed by atoms with E-state index < -0.39 is 41.5 Å². The highest BCUT2D eigenvalue weighted by Crippen LogP contribution is 2.56. The molecule has 2 fully saturated rings. The molecule has 0 spiro atoms. The second-order valence-corrected chi connectivity index (χ2v) is 7.95. The van der Waals surface area contributed by atoms with E-state index in [1.807, 2.05) is 6.92 Å². The number of ether oxygens (including phenoxy) is 1. The van der Waals surface area contributed by atoms with Crippen LogP contribution in [-0.2, 0) is 0 Å². The monoisotopic (exact) mass is 390 g/mol. The quantitative estimate of drug-likeness (QED) is 0.511. The summed E-state index contributed by atoms with van der Waals surface area (Å²) in [5.41, 5.74) is 0.0975. The van der Waals surface area contributed by atoms with Gasteiger partial charge < -0.3 is 4.74 Å². The Labute approximate surface area is 157 Å². The number of benzene rings is 1. The molecule has 1 aromatic carbocycles. The van der Waals surface area contributed by atoms with Crippen molar-refractivity contribution in [3.8, 4) is 5.75 Å². The van der Waals surface area contributed by atoms with Gasteiger partial charge in [-0.3, -0.25) is 0 Å². The van der Waals surface area contributed by atoms with E-state index in [2.05, 4.69) is 0 Å². The zero-order valence-corrected chi connectivity index (χ0v) is 15.8. The molecule has 0 heterocycles. The van der Waals surface area contributed by atoms with Crippen molar-refractivity contribution in [3.63, 3.8) is 0 Å². The first-order valence-corrected chi connectivity index (χ1v) is 9.93. The maximum atomic E-state index is 14.9. The van der Waals surface area contributed by atoms with Crippen molar-refractivity contribution in [3.05, 3.63) is 29.3 Å². The molecule has 2 aliphatic rings. The van der Waals surface area contributed by atoms with Gasteiger partial charge in [-0.1, -0.05) is 19.4 Å². The molecule has 1 aromatic rings. The summed E-state index contributed by atoms with van der Waals surface area (Å²) in [5, 5.41) is 0. The zero-order valence-electron chi connectivity index (χ0n) is 15.8. The van der Waals surface area contributed by atoms with Crippen LogP contribution in [0.1, 0.15) is 63.9 Å². The fourth-order valence-electron chi connectivity index (χ4n) is 5.05. The Balaban J connectivity index is 1.84. The third-order valence-electron chi connectivity index (χ3n) is 6.35. The van der Waals surface area contributed by atoms with E-state index in [1.54, 1.807) is 6.92 Å². The fourth-order valence-corrected chi connectivity index (χ4v) is 5.05. The first-order valence-electron chi connectivity index (χ1n) is 9.93. The number of hydrogen-bond donors (Lipinski definition) is 0. The van der Waals surface area contributed by atoms with Crippen LogP contribution in [0.25, 0.3) is 0 Å². The standard InChI is InChI=1S/C21H27F5O/c1-3-5-12-6-7-13-10-14(11-16(13)21(25,26)20(12)24)15-8-9-17(27-4-2)19(23)18(15)22/h8-9,12-14,16,20H,3-7,10-11H2,1-2H3. The molecule has 0 radical (unpaired) electrons. The molecule has 2 aliphatic carbocycles. The van der Waals surface area contributed by atoms with Crippen molar-refractivity contribution in [2.75, 3.05) is 6.61 Å². The molecule has 0 aliphatic heterocycles. The topological polar surface area (TPSA) is 9.23 Å². The number of rotatable bonds is 5. The van der Waals surface area contributed by atoms with E-state index in [-0.39, 0.29) is 30.3 Å². The lowest BCUT2D eigenvalue weighted by molar-refractivity contribution is -0.136. The average molecular weight is 390 g/mol. The van der Waals surface area contributed by atoms with Gasteiger partial charge in [0.2, 0.25) is 5.82 Å². The molecular weight excluding hydrogens is 363 g/mol. The molecule has 27 heavy (non-hydrogen) atoms. The molecule has 6 heteroatoms. The second kappa shape index (κ2) is 7.96. The van der Waals surface area contributed by atoms with Crippen LogP contribution in [0.4, 0.5) is 22.0 Å². The minimum atomic E-state index is -3.42. The normalized spacial score (nSPS) is 32.8. The molecule has 1 nitrogen and oxygen atoms in total. The van der Waals surface area contributed by atoms with Crippen molar-refractivity contribution < 1.29 is 26.7 Å². The summed E-state index contributed by atoms with van der Waals surface area (Å²) in [7, 11) is 0. The molecule has 0 saturated heterocycles. The second-order valence-electron chi connectivity index (χ2n) is 7.95. The molecule has 0 N–H and O–H groups in total. The lowest BCUT2D eigenvalue weighted by atomic mass is 9.86. The minimum Gasteiger partial charge on any atom is -0.491 e. The van der Waals surface area contributed by atoms with E-state index in [4.69, 9.17) is 4.74 Å². The van der Waals surface area contributed by atoms with E-state index in [0.717, 1.165) is 0 Å². The SMILES string of the molecule is CCCC1CCC2CC(c3ccc(OCC)c(F)c3F)CC2C(F)(F)C1F. The van der Waals surface area contributed by atoms with Crippen LogP contribution >= 0.6 is 0 Å². The highest BCUT2D eigenvalue weighted by atomic mass is 19.3. The molecule has 3 rings (SSSR count). The first kappa shape index (κ1) is 20.4. The third-order valence-corrected chi connectivity index (χ3v) is 6.35. The van der Waals surface area contributed by atoms with E-state index in [9.17, 15) is 22.0 Å². The molecule has 0 aromatic heterocycles. The van der Waals surface area contributed by atoms with Crippen LogP contribution in [0.2, 0.25) is 0 Å². The third kappa shape index (κ3) is 3.68.